The molecule has 0 radical (unpaired) electrons. The van der Waals surface area contributed by atoms with Gasteiger partial charge in [-0.3, -0.25) is 9.88 Å². The van der Waals surface area contributed by atoms with E-state index in [1.54, 1.807) is 12.1 Å². The van der Waals surface area contributed by atoms with Crippen molar-refractivity contribution in [2.75, 3.05) is 13.1 Å². The Labute approximate surface area is 135 Å². The maximum absolute atomic E-state index is 13.0. The minimum atomic E-state index is -0.171. The molecule has 0 unspecified atom stereocenters. The van der Waals surface area contributed by atoms with Gasteiger partial charge < -0.3 is 4.98 Å². The molecule has 3 nitrogen and oxygen atoms in total. The molecule has 0 amide bonds. The van der Waals surface area contributed by atoms with Crippen LogP contribution in [0.2, 0.25) is 0 Å². The van der Waals surface area contributed by atoms with Crippen LogP contribution in [0.5, 0.6) is 0 Å². The Balaban J connectivity index is 1.49. The first kappa shape index (κ1) is 14.4. The molecule has 0 bridgehead atoms. The third-order valence-corrected chi connectivity index (χ3v) is 4.67. The Morgan fingerprint density at radius 2 is 2.09 bits per heavy atom. The summed E-state index contributed by atoms with van der Waals surface area (Å²) < 4.78 is 13.0. The van der Waals surface area contributed by atoms with Crippen molar-refractivity contribution in [1.82, 2.24) is 14.9 Å². The van der Waals surface area contributed by atoms with Crippen LogP contribution in [0.4, 0.5) is 4.39 Å². The molecular weight excluding hydrogens is 289 g/mol. The lowest BCUT2D eigenvalue weighted by molar-refractivity contribution is 0.199. The van der Waals surface area contributed by atoms with Crippen molar-refractivity contribution in [1.29, 1.82) is 0 Å². The average Bonchev–Trinajstić information content (AvgIpc) is 3.01. The summed E-state index contributed by atoms with van der Waals surface area (Å²) in [5.41, 5.74) is 4.60. The Morgan fingerprint density at radius 3 is 2.91 bits per heavy atom. The number of fused-ring (bicyclic) bond motifs is 1. The van der Waals surface area contributed by atoms with E-state index >= 15 is 0 Å². The van der Waals surface area contributed by atoms with Crippen LogP contribution in [0.1, 0.15) is 30.0 Å². The highest BCUT2D eigenvalue weighted by Crippen LogP contribution is 2.29. The molecule has 1 aliphatic heterocycles. The average molecular weight is 309 g/mol. The molecule has 1 N–H and O–H groups in total. The van der Waals surface area contributed by atoms with Gasteiger partial charge in [-0.15, -0.1) is 0 Å². The zero-order valence-electron chi connectivity index (χ0n) is 13.0. The van der Waals surface area contributed by atoms with Crippen molar-refractivity contribution in [3.05, 3.63) is 65.7 Å². The first-order valence-corrected chi connectivity index (χ1v) is 8.18. The molecule has 0 aliphatic carbocycles. The number of halogens is 1. The van der Waals surface area contributed by atoms with Gasteiger partial charge in [-0.1, -0.05) is 12.1 Å². The van der Waals surface area contributed by atoms with E-state index in [0.717, 1.165) is 30.7 Å². The molecule has 4 rings (SSSR count). The lowest BCUT2D eigenvalue weighted by Crippen LogP contribution is -2.34. The zero-order chi connectivity index (χ0) is 15.6. The van der Waals surface area contributed by atoms with Crippen molar-refractivity contribution >= 4 is 11.0 Å². The van der Waals surface area contributed by atoms with E-state index in [9.17, 15) is 4.39 Å². The first-order valence-electron chi connectivity index (χ1n) is 8.18. The van der Waals surface area contributed by atoms with Crippen molar-refractivity contribution in [3.63, 3.8) is 0 Å². The Hall–Kier alpha value is -2.20. The maximum Gasteiger partial charge on any atom is 0.123 e. The second-order valence-corrected chi connectivity index (χ2v) is 6.36. The molecule has 3 aromatic rings. The SMILES string of the molecule is Fc1ccc(CN2CCC[C@H](c3cc4ncccc4[nH]3)C2)cc1. The van der Waals surface area contributed by atoms with Gasteiger partial charge in [0.25, 0.3) is 0 Å². The summed E-state index contributed by atoms with van der Waals surface area (Å²) in [6.45, 7) is 3.02. The number of rotatable bonds is 3. The van der Waals surface area contributed by atoms with Crippen LogP contribution in [0.25, 0.3) is 11.0 Å². The summed E-state index contributed by atoms with van der Waals surface area (Å²) in [7, 11) is 0. The molecule has 0 saturated carbocycles. The minimum absolute atomic E-state index is 0.171. The maximum atomic E-state index is 13.0. The lowest BCUT2D eigenvalue weighted by atomic mass is 9.94. The minimum Gasteiger partial charge on any atom is -0.357 e. The number of aromatic nitrogens is 2. The normalized spacial score (nSPS) is 19.3. The molecule has 2 aromatic heterocycles. The molecule has 0 spiro atoms. The smallest absolute Gasteiger partial charge is 0.123 e. The summed E-state index contributed by atoms with van der Waals surface area (Å²) in [6, 6.07) is 13.1. The number of pyridine rings is 1. The molecule has 118 valence electrons. The topological polar surface area (TPSA) is 31.9 Å². The summed E-state index contributed by atoms with van der Waals surface area (Å²) in [4.78, 5) is 10.4. The van der Waals surface area contributed by atoms with Crippen LogP contribution in [0.3, 0.4) is 0 Å². The van der Waals surface area contributed by atoms with E-state index in [0.29, 0.717) is 5.92 Å². The van der Waals surface area contributed by atoms with Crippen LogP contribution in [-0.4, -0.2) is 28.0 Å². The van der Waals surface area contributed by atoms with E-state index in [1.807, 2.05) is 24.4 Å². The highest BCUT2D eigenvalue weighted by atomic mass is 19.1. The highest BCUT2D eigenvalue weighted by molar-refractivity contribution is 5.75. The fraction of sp³-hybridized carbons (Fsp3) is 0.316. The summed E-state index contributed by atoms with van der Waals surface area (Å²) in [5, 5.41) is 0. The van der Waals surface area contributed by atoms with Crippen LogP contribution in [0.15, 0.2) is 48.7 Å². The van der Waals surface area contributed by atoms with Gasteiger partial charge in [0, 0.05) is 30.9 Å². The molecule has 1 aromatic carbocycles. The number of aromatic amines is 1. The fourth-order valence-electron chi connectivity index (χ4n) is 3.50. The molecule has 23 heavy (non-hydrogen) atoms. The summed E-state index contributed by atoms with van der Waals surface area (Å²) in [5.74, 6) is 0.342. The van der Waals surface area contributed by atoms with Gasteiger partial charge in [-0.05, 0) is 55.3 Å². The third-order valence-electron chi connectivity index (χ3n) is 4.67. The third kappa shape index (κ3) is 3.13. The fourth-order valence-corrected chi connectivity index (χ4v) is 3.50. The van der Waals surface area contributed by atoms with Crippen molar-refractivity contribution in [3.8, 4) is 0 Å². The van der Waals surface area contributed by atoms with Crippen molar-refractivity contribution < 1.29 is 4.39 Å². The summed E-state index contributed by atoms with van der Waals surface area (Å²) >= 11 is 0. The van der Waals surface area contributed by atoms with Gasteiger partial charge in [-0.2, -0.15) is 0 Å². The number of piperidine rings is 1. The largest absolute Gasteiger partial charge is 0.357 e. The number of hydrogen-bond donors (Lipinski definition) is 1. The first-order chi connectivity index (χ1) is 11.3. The predicted octanol–water partition coefficient (Wildman–Crippen LogP) is 4.08. The Morgan fingerprint density at radius 1 is 1.22 bits per heavy atom. The number of benzene rings is 1. The number of hydrogen-bond acceptors (Lipinski definition) is 2. The van der Waals surface area contributed by atoms with E-state index in [1.165, 1.54) is 24.1 Å². The molecular formula is C19H20FN3. The van der Waals surface area contributed by atoms with Gasteiger partial charge in [0.15, 0.2) is 0 Å². The van der Waals surface area contributed by atoms with Crippen LogP contribution in [-0.2, 0) is 6.54 Å². The summed E-state index contributed by atoms with van der Waals surface area (Å²) in [6.07, 6.45) is 4.23. The van der Waals surface area contributed by atoms with E-state index in [4.69, 9.17) is 0 Å². The number of H-pyrrole nitrogens is 1. The molecule has 1 saturated heterocycles. The van der Waals surface area contributed by atoms with E-state index < -0.39 is 0 Å². The monoisotopic (exact) mass is 309 g/mol. The number of nitrogens with one attached hydrogen (secondary N) is 1. The Bertz CT molecular complexity index is 761. The molecule has 4 heteroatoms. The van der Waals surface area contributed by atoms with Gasteiger partial charge in [0.1, 0.15) is 5.82 Å². The number of nitrogens with zero attached hydrogens (tertiary/aromatic N) is 2. The van der Waals surface area contributed by atoms with Gasteiger partial charge in [0.05, 0.1) is 11.0 Å². The van der Waals surface area contributed by atoms with Gasteiger partial charge in [0.2, 0.25) is 0 Å². The van der Waals surface area contributed by atoms with Gasteiger partial charge in [-0.25, -0.2) is 4.39 Å². The van der Waals surface area contributed by atoms with Crippen molar-refractivity contribution in [2.45, 2.75) is 25.3 Å². The molecule has 1 aliphatic rings. The van der Waals surface area contributed by atoms with E-state index in [2.05, 4.69) is 27.0 Å². The van der Waals surface area contributed by atoms with Crippen LogP contribution < -0.4 is 0 Å². The number of likely N-dealkylation sites (tertiary alicyclic amines) is 1. The lowest BCUT2D eigenvalue weighted by Gasteiger charge is -2.32. The molecule has 1 fully saturated rings. The van der Waals surface area contributed by atoms with E-state index in [-0.39, 0.29) is 5.82 Å². The van der Waals surface area contributed by atoms with Crippen LogP contribution >= 0.6 is 0 Å². The molecule has 3 heterocycles. The second-order valence-electron chi connectivity index (χ2n) is 6.36. The van der Waals surface area contributed by atoms with Crippen molar-refractivity contribution in [2.24, 2.45) is 0 Å². The zero-order valence-corrected chi connectivity index (χ0v) is 13.0. The molecule has 1 atom stereocenters. The predicted molar refractivity (Wildman–Crippen MR) is 89.7 cm³/mol. The van der Waals surface area contributed by atoms with Gasteiger partial charge >= 0.3 is 0 Å². The Kier molecular flexibility index (Phi) is 3.83. The highest BCUT2D eigenvalue weighted by Gasteiger charge is 2.22. The second kappa shape index (κ2) is 6.13. The van der Waals surface area contributed by atoms with Crippen LogP contribution in [0, 0.1) is 5.82 Å². The quantitative estimate of drug-likeness (QED) is 0.790. The standard InChI is InChI=1S/C19H20FN3/c20-16-7-5-14(6-8-16)12-23-10-2-3-15(13-23)18-11-19-17(22-18)4-1-9-21-19/h1,4-9,11,15,22H,2-3,10,12-13H2/t15-/m0/s1.